The lowest BCUT2D eigenvalue weighted by molar-refractivity contribution is -0.143. The average Bonchev–Trinajstić information content (AvgIpc) is 3.59. The molecule has 2 aliphatic carbocycles. The summed E-state index contributed by atoms with van der Waals surface area (Å²) < 4.78 is 13.6. The number of carbonyl (C=O) groups is 2. The molecule has 42 heavy (non-hydrogen) atoms. The van der Waals surface area contributed by atoms with Gasteiger partial charge >= 0.3 is 5.97 Å². The van der Waals surface area contributed by atoms with Gasteiger partial charge in [-0.05, 0) is 68.8 Å². The average molecular weight is 568 g/mol. The first-order valence-electron chi connectivity index (χ1n) is 15.9. The van der Waals surface area contributed by atoms with Gasteiger partial charge in [0.2, 0.25) is 5.91 Å². The van der Waals surface area contributed by atoms with Gasteiger partial charge in [0.05, 0.1) is 30.9 Å². The quantitative estimate of drug-likeness (QED) is 0.365. The molecule has 2 aromatic carbocycles. The fourth-order valence-corrected chi connectivity index (χ4v) is 9.32. The van der Waals surface area contributed by atoms with E-state index in [4.69, 9.17) is 9.47 Å². The second-order valence-electron chi connectivity index (χ2n) is 13.6. The summed E-state index contributed by atoms with van der Waals surface area (Å²) in [4.78, 5) is 32.3. The van der Waals surface area contributed by atoms with Gasteiger partial charge in [-0.15, -0.1) is 0 Å². The minimum Gasteiger partial charge on any atom is -0.496 e. The van der Waals surface area contributed by atoms with Gasteiger partial charge in [0, 0.05) is 59.7 Å². The topological polar surface area (TPSA) is 64.0 Å². The van der Waals surface area contributed by atoms with Crippen LogP contribution < -0.4 is 4.74 Å². The predicted molar refractivity (Wildman–Crippen MR) is 162 cm³/mol. The highest BCUT2D eigenvalue weighted by molar-refractivity contribution is 6.00. The number of hydrogen-bond acceptors (Lipinski definition) is 5. The number of aromatic nitrogens is 1. The molecule has 5 aliphatic rings. The number of likely N-dealkylation sites (N-methyl/N-ethyl adjacent to an activating group) is 1. The summed E-state index contributed by atoms with van der Waals surface area (Å²) in [5, 5.41) is 1.21. The Morgan fingerprint density at radius 3 is 2.40 bits per heavy atom. The van der Waals surface area contributed by atoms with Crippen molar-refractivity contribution in [1.29, 1.82) is 0 Å². The van der Waals surface area contributed by atoms with E-state index in [1.54, 1.807) is 7.11 Å². The molecule has 0 N–H and O–H groups in total. The number of carbonyl (C=O) groups excluding carboxylic acids is 2. The monoisotopic (exact) mass is 567 g/mol. The van der Waals surface area contributed by atoms with Gasteiger partial charge in [0.1, 0.15) is 5.75 Å². The van der Waals surface area contributed by atoms with Crippen LogP contribution in [0.5, 0.6) is 5.75 Å². The van der Waals surface area contributed by atoms with Crippen LogP contribution in [0.15, 0.2) is 36.4 Å². The number of benzene rings is 2. The van der Waals surface area contributed by atoms with Crippen LogP contribution in [0.4, 0.5) is 0 Å². The molecule has 220 valence electrons. The number of hydrogen-bond donors (Lipinski definition) is 0. The fraction of sp³-hybridized carbons (Fsp3) is 0.543. The maximum absolute atomic E-state index is 14.9. The maximum Gasteiger partial charge on any atom is 0.337 e. The zero-order valence-corrected chi connectivity index (χ0v) is 25.0. The lowest BCUT2D eigenvalue weighted by atomic mass is 9.81. The Hall–Kier alpha value is -3.32. The van der Waals surface area contributed by atoms with Crippen molar-refractivity contribution in [2.75, 3.05) is 34.4 Å². The van der Waals surface area contributed by atoms with Gasteiger partial charge in [-0.3, -0.25) is 4.79 Å². The Bertz CT molecular complexity index is 1590. The number of likely N-dealkylation sites (tertiary alicyclic amines) is 1. The van der Waals surface area contributed by atoms with E-state index in [9.17, 15) is 9.59 Å². The molecule has 1 aromatic heterocycles. The van der Waals surface area contributed by atoms with E-state index in [2.05, 4.69) is 45.7 Å². The van der Waals surface area contributed by atoms with Crippen molar-refractivity contribution in [3.05, 3.63) is 53.1 Å². The predicted octanol–water partition coefficient (Wildman–Crippen LogP) is 5.94. The lowest BCUT2D eigenvalue weighted by Crippen LogP contribution is -2.57. The Labute approximate surface area is 247 Å². The van der Waals surface area contributed by atoms with Crippen LogP contribution in [0, 0.1) is 5.41 Å². The van der Waals surface area contributed by atoms with E-state index in [-0.39, 0.29) is 11.9 Å². The third-order valence-electron chi connectivity index (χ3n) is 11.3. The summed E-state index contributed by atoms with van der Waals surface area (Å²) in [5.41, 5.74) is 6.10. The van der Waals surface area contributed by atoms with Crippen molar-refractivity contribution in [2.45, 2.75) is 81.8 Å². The smallest absolute Gasteiger partial charge is 0.337 e. The molecule has 0 radical (unpaired) electrons. The Morgan fingerprint density at radius 1 is 0.929 bits per heavy atom. The second kappa shape index (κ2) is 9.60. The minimum atomic E-state index is -0.511. The largest absolute Gasteiger partial charge is 0.496 e. The van der Waals surface area contributed by atoms with Gasteiger partial charge in [-0.1, -0.05) is 37.5 Å². The second-order valence-corrected chi connectivity index (χ2v) is 13.6. The minimum absolute atomic E-state index is 0.119. The van der Waals surface area contributed by atoms with Gasteiger partial charge < -0.3 is 23.8 Å². The third kappa shape index (κ3) is 3.68. The highest BCUT2D eigenvalue weighted by atomic mass is 16.5. The SMILES string of the molecule is COC(=O)c1ccc2c(C3CCCCC3)c3n(c2c1)CC1(C(=O)N2C4CCC2CN(C)C4)CC1c1c(OC)cccc1-3. The summed E-state index contributed by atoms with van der Waals surface area (Å²) in [6.07, 6.45) is 9.11. The first-order chi connectivity index (χ1) is 20.4. The van der Waals surface area contributed by atoms with E-state index in [1.165, 1.54) is 67.0 Å². The van der Waals surface area contributed by atoms with E-state index in [1.807, 2.05) is 12.1 Å². The van der Waals surface area contributed by atoms with Crippen LogP contribution in [0.25, 0.3) is 22.2 Å². The van der Waals surface area contributed by atoms with Crippen molar-refractivity contribution in [3.63, 3.8) is 0 Å². The number of piperazine rings is 1. The molecule has 8 rings (SSSR count). The summed E-state index contributed by atoms with van der Waals surface area (Å²) >= 11 is 0. The van der Waals surface area contributed by atoms with Crippen LogP contribution >= 0.6 is 0 Å². The zero-order chi connectivity index (χ0) is 28.7. The van der Waals surface area contributed by atoms with Crippen molar-refractivity contribution in [2.24, 2.45) is 5.41 Å². The molecule has 2 saturated heterocycles. The number of rotatable bonds is 4. The number of nitrogens with zero attached hydrogens (tertiary/aromatic N) is 3. The number of ether oxygens (including phenoxy) is 2. The van der Waals surface area contributed by atoms with Crippen LogP contribution in [0.3, 0.4) is 0 Å². The molecule has 3 aromatic rings. The van der Waals surface area contributed by atoms with Gasteiger partial charge in [-0.25, -0.2) is 4.79 Å². The lowest BCUT2D eigenvalue weighted by Gasteiger charge is -2.41. The molecular formula is C35H41N3O4. The third-order valence-corrected chi connectivity index (χ3v) is 11.3. The number of amides is 1. The molecule has 4 heterocycles. The Balaban J connectivity index is 1.37. The first-order valence-corrected chi connectivity index (χ1v) is 15.9. The maximum atomic E-state index is 14.9. The van der Waals surface area contributed by atoms with E-state index < -0.39 is 5.41 Å². The molecule has 7 heteroatoms. The van der Waals surface area contributed by atoms with E-state index in [0.29, 0.717) is 36.0 Å². The number of fused-ring (bicyclic) bond motifs is 9. The van der Waals surface area contributed by atoms with Crippen LogP contribution in [0.2, 0.25) is 0 Å². The highest BCUT2D eigenvalue weighted by Crippen LogP contribution is 2.68. The van der Waals surface area contributed by atoms with E-state index in [0.717, 1.165) is 43.6 Å². The summed E-state index contributed by atoms with van der Waals surface area (Å²) in [6.45, 7) is 2.53. The Morgan fingerprint density at radius 2 is 1.69 bits per heavy atom. The number of methoxy groups -OCH3 is 2. The summed E-state index contributed by atoms with van der Waals surface area (Å²) in [5.74, 6) is 1.45. The van der Waals surface area contributed by atoms with Crippen LogP contribution in [0.1, 0.15) is 84.7 Å². The number of esters is 1. The standard InChI is InChI=1S/C35H41N3O4/c1-36-18-23-13-14-24(19-36)38(23)34(40)35-17-27(35)31-26(10-7-11-29(31)41-2)32-30(21-8-5-4-6-9-21)25-15-12-22(33(39)42-3)16-28(25)37(32)20-35/h7,10-12,15-16,21,23-24,27H,4-6,8-9,13-14,17-20H2,1-3H3. The van der Waals surface area contributed by atoms with Gasteiger partial charge in [0.25, 0.3) is 0 Å². The molecule has 0 spiro atoms. The summed E-state index contributed by atoms with van der Waals surface area (Å²) in [7, 11) is 5.38. The normalized spacial score (nSPS) is 28.5. The fourth-order valence-electron chi connectivity index (χ4n) is 9.32. The van der Waals surface area contributed by atoms with Gasteiger partial charge in [-0.2, -0.15) is 0 Å². The molecule has 7 nitrogen and oxygen atoms in total. The van der Waals surface area contributed by atoms with Crippen molar-refractivity contribution in [3.8, 4) is 17.0 Å². The molecule has 1 amide bonds. The molecule has 4 unspecified atom stereocenters. The van der Waals surface area contributed by atoms with Crippen molar-refractivity contribution < 1.29 is 19.1 Å². The van der Waals surface area contributed by atoms with Crippen molar-refractivity contribution >= 4 is 22.8 Å². The molecule has 4 fully saturated rings. The molecular weight excluding hydrogens is 526 g/mol. The molecule has 3 aliphatic heterocycles. The summed E-state index contributed by atoms with van der Waals surface area (Å²) in [6, 6.07) is 13.1. The van der Waals surface area contributed by atoms with Crippen molar-refractivity contribution in [1.82, 2.24) is 14.4 Å². The first kappa shape index (κ1) is 26.3. The molecule has 4 atom stereocenters. The van der Waals surface area contributed by atoms with Crippen LogP contribution in [-0.4, -0.2) is 72.7 Å². The molecule has 2 saturated carbocycles. The van der Waals surface area contributed by atoms with E-state index >= 15 is 0 Å². The highest BCUT2D eigenvalue weighted by Gasteiger charge is 2.66. The zero-order valence-electron chi connectivity index (χ0n) is 25.0. The van der Waals surface area contributed by atoms with Gasteiger partial charge in [0.15, 0.2) is 0 Å². The molecule has 2 bridgehead atoms. The van der Waals surface area contributed by atoms with Crippen LogP contribution in [-0.2, 0) is 16.1 Å². The Kier molecular flexibility index (Phi) is 6.01.